The number of rotatable bonds is 10. The average Bonchev–Trinajstić information content (AvgIpc) is 2.65. The summed E-state index contributed by atoms with van der Waals surface area (Å²) in [5.41, 5.74) is 1.04. The van der Waals surface area contributed by atoms with Crippen LogP contribution in [-0.4, -0.2) is 45.6 Å². The van der Waals surface area contributed by atoms with Gasteiger partial charge in [-0.15, -0.1) is 0 Å². The van der Waals surface area contributed by atoms with E-state index in [4.69, 9.17) is 9.84 Å². The predicted molar refractivity (Wildman–Crippen MR) is 115 cm³/mol. The van der Waals surface area contributed by atoms with E-state index in [9.17, 15) is 19.8 Å². The van der Waals surface area contributed by atoms with Crippen molar-refractivity contribution in [2.24, 2.45) is 29.6 Å². The molecule has 0 aromatic rings. The van der Waals surface area contributed by atoms with Crippen LogP contribution in [0, 0.1) is 29.6 Å². The minimum absolute atomic E-state index is 0.0533. The van der Waals surface area contributed by atoms with Gasteiger partial charge in [0.05, 0.1) is 24.5 Å². The van der Waals surface area contributed by atoms with Crippen LogP contribution in [-0.2, 0) is 14.3 Å². The number of carbonyl (C=O) groups excluding carboxylic acids is 1. The van der Waals surface area contributed by atoms with E-state index in [0.29, 0.717) is 18.8 Å². The summed E-state index contributed by atoms with van der Waals surface area (Å²) in [6.45, 7) is 8.03. The fraction of sp³-hybridized carbons (Fsp3) is 0.750. The molecule has 0 radical (unpaired) electrons. The van der Waals surface area contributed by atoms with Gasteiger partial charge < -0.3 is 20.1 Å². The number of carboxylic acids is 1. The molecule has 3 N–H and O–H groups in total. The summed E-state index contributed by atoms with van der Waals surface area (Å²) in [7, 11) is 0. The quantitative estimate of drug-likeness (QED) is 0.464. The van der Waals surface area contributed by atoms with Crippen LogP contribution in [0.3, 0.4) is 0 Å². The van der Waals surface area contributed by atoms with Crippen LogP contribution in [0.4, 0.5) is 0 Å². The average molecular weight is 423 g/mol. The van der Waals surface area contributed by atoms with Crippen LogP contribution in [0.15, 0.2) is 23.8 Å². The fourth-order valence-electron chi connectivity index (χ4n) is 4.76. The number of aliphatic hydroxyl groups excluding tert-OH is 2. The molecule has 2 aliphatic rings. The first-order valence-electron chi connectivity index (χ1n) is 11.3. The molecular formula is C24H38O6. The fourth-order valence-corrected chi connectivity index (χ4v) is 4.76. The molecule has 0 amide bonds. The highest BCUT2D eigenvalue weighted by atomic mass is 16.5. The maximum Gasteiger partial charge on any atom is 0.308 e. The zero-order valence-corrected chi connectivity index (χ0v) is 18.7. The maximum atomic E-state index is 12.5. The van der Waals surface area contributed by atoms with Gasteiger partial charge >= 0.3 is 11.9 Å². The Balaban J connectivity index is 2.09. The second kappa shape index (κ2) is 11.1. The van der Waals surface area contributed by atoms with E-state index in [2.05, 4.69) is 19.1 Å². The second-order valence-electron chi connectivity index (χ2n) is 9.33. The Kier molecular flexibility index (Phi) is 9.10. The SMILES string of the molecule is CC[C@H](C)C(=O)O[C@H]1C[C@H](O)C=C2C=C[C@H](C)[C@H](CC[C@@H](C)C[C@@H](O)CC(=O)O)[C@@H]21. The molecule has 2 rings (SSSR count). The Morgan fingerprint density at radius 1 is 1.30 bits per heavy atom. The van der Waals surface area contributed by atoms with E-state index in [-0.39, 0.29) is 42.2 Å². The number of esters is 1. The Bertz CT molecular complexity index is 654. The zero-order valence-electron chi connectivity index (χ0n) is 18.7. The highest BCUT2D eigenvalue weighted by molar-refractivity contribution is 5.72. The summed E-state index contributed by atoms with van der Waals surface area (Å²) in [4.78, 5) is 23.3. The van der Waals surface area contributed by atoms with E-state index in [1.165, 1.54) is 0 Å². The molecule has 170 valence electrons. The lowest BCUT2D eigenvalue weighted by Gasteiger charge is -2.43. The number of allylic oxidation sites excluding steroid dienone is 2. The summed E-state index contributed by atoms with van der Waals surface area (Å²) in [5.74, 6) is -0.532. The number of carboxylic acid groups (broad SMARTS) is 1. The lowest BCUT2D eigenvalue weighted by molar-refractivity contribution is -0.159. The van der Waals surface area contributed by atoms with Crippen molar-refractivity contribution in [2.45, 2.75) is 84.5 Å². The number of fused-ring (bicyclic) bond motifs is 1. The number of aliphatic carboxylic acids is 1. The lowest BCUT2D eigenvalue weighted by Crippen LogP contribution is -2.43. The van der Waals surface area contributed by atoms with Gasteiger partial charge in [-0.3, -0.25) is 9.59 Å². The molecule has 0 saturated heterocycles. The molecule has 0 aromatic carbocycles. The van der Waals surface area contributed by atoms with Crippen molar-refractivity contribution < 1.29 is 29.6 Å². The normalized spacial score (nSPS) is 31.3. The van der Waals surface area contributed by atoms with Crippen molar-refractivity contribution in [3.63, 3.8) is 0 Å². The number of hydrogen-bond donors (Lipinski definition) is 3. The minimum atomic E-state index is -0.984. The highest BCUT2D eigenvalue weighted by Gasteiger charge is 2.42. The molecule has 8 atom stereocenters. The predicted octanol–water partition coefficient (Wildman–Crippen LogP) is 3.72. The molecule has 0 aromatic heterocycles. The number of aliphatic hydroxyl groups is 2. The molecular weight excluding hydrogens is 384 g/mol. The van der Waals surface area contributed by atoms with Crippen LogP contribution >= 0.6 is 0 Å². The second-order valence-corrected chi connectivity index (χ2v) is 9.33. The van der Waals surface area contributed by atoms with Crippen molar-refractivity contribution in [2.75, 3.05) is 0 Å². The Morgan fingerprint density at radius 2 is 2.00 bits per heavy atom. The third kappa shape index (κ3) is 6.67. The van der Waals surface area contributed by atoms with Crippen LogP contribution in [0.2, 0.25) is 0 Å². The van der Waals surface area contributed by atoms with Crippen LogP contribution < -0.4 is 0 Å². The molecule has 0 heterocycles. The molecule has 0 bridgehead atoms. The first-order chi connectivity index (χ1) is 14.1. The zero-order chi connectivity index (χ0) is 22.4. The molecule has 6 heteroatoms. The van der Waals surface area contributed by atoms with Gasteiger partial charge in [0.2, 0.25) is 0 Å². The van der Waals surface area contributed by atoms with Crippen molar-refractivity contribution in [3.05, 3.63) is 23.8 Å². The summed E-state index contributed by atoms with van der Waals surface area (Å²) in [5, 5.41) is 29.1. The molecule has 6 nitrogen and oxygen atoms in total. The van der Waals surface area contributed by atoms with Crippen LogP contribution in [0.25, 0.3) is 0 Å². The van der Waals surface area contributed by atoms with Crippen molar-refractivity contribution in [1.29, 1.82) is 0 Å². The Morgan fingerprint density at radius 3 is 2.63 bits per heavy atom. The first-order valence-corrected chi connectivity index (χ1v) is 11.3. The maximum absolute atomic E-state index is 12.5. The Labute approximate surface area is 180 Å². The van der Waals surface area contributed by atoms with E-state index >= 15 is 0 Å². The van der Waals surface area contributed by atoms with E-state index in [0.717, 1.165) is 24.8 Å². The molecule has 0 fully saturated rings. The first kappa shape index (κ1) is 24.6. The van der Waals surface area contributed by atoms with Gasteiger partial charge in [-0.1, -0.05) is 52.3 Å². The summed E-state index contributed by atoms with van der Waals surface area (Å²) >= 11 is 0. The van der Waals surface area contributed by atoms with Gasteiger partial charge in [0.1, 0.15) is 6.10 Å². The van der Waals surface area contributed by atoms with E-state index in [1.54, 1.807) is 0 Å². The van der Waals surface area contributed by atoms with Crippen molar-refractivity contribution in [1.82, 2.24) is 0 Å². The number of ether oxygens (including phenoxy) is 1. The summed E-state index contributed by atoms with van der Waals surface area (Å²) in [6, 6.07) is 0. The highest BCUT2D eigenvalue weighted by Crippen LogP contribution is 2.44. The molecule has 0 unspecified atom stereocenters. The third-order valence-electron chi connectivity index (χ3n) is 6.73. The van der Waals surface area contributed by atoms with Gasteiger partial charge in [0.15, 0.2) is 0 Å². The monoisotopic (exact) mass is 422 g/mol. The van der Waals surface area contributed by atoms with E-state index in [1.807, 2.05) is 26.8 Å². The van der Waals surface area contributed by atoms with Gasteiger partial charge in [-0.05, 0) is 42.6 Å². The standard InChI is InChI=1S/C24H38O6/c1-5-15(3)24(29)30-21-12-19(26)11-17-8-7-16(4)20(23(17)21)9-6-14(2)10-18(25)13-22(27)28/h7-8,11,14-16,18-21,23,25-26H,5-6,9-10,12-13H2,1-4H3,(H,27,28)/t14-,15+,16+,18-,19-,20+,21+,23-/m1/s1. The van der Waals surface area contributed by atoms with Gasteiger partial charge in [-0.2, -0.15) is 0 Å². The smallest absolute Gasteiger partial charge is 0.308 e. The number of carbonyl (C=O) groups is 2. The van der Waals surface area contributed by atoms with Gasteiger partial charge in [-0.25, -0.2) is 0 Å². The third-order valence-corrected chi connectivity index (χ3v) is 6.73. The summed E-state index contributed by atoms with van der Waals surface area (Å²) in [6.07, 6.45) is 7.43. The van der Waals surface area contributed by atoms with Crippen LogP contribution in [0.5, 0.6) is 0 Å². The molecule has 2 aliphatic carbocycles. The molecule has 0 aliphatic heterocycles. The lowest BCUT2D eigenvalue weighted by atomic mass is 9.66. The molecule has 0 saturated carbocycles. The largest absolute Gasteiger partial charge is 0.481 e. The Hall–Kier alpha value is -1.66. The minimum Gasteiger partial charge on any atom is -0.481 e. The van der Waals surface area contributed by atoms with Gasteiger partial charge in [0.25, 0.3) is 0 Å². The summed E-state index contributed by atoms with van der Waals surface area (Å²) < 4.78 is 5.90. The van der Waals surface area contributed by atoms with Crippen LogP contribution in [0.1, 0.15) is 66.2 Å². The number of hydrogen-bond acceptors (Lipinski definition) is 5. The van der Waals surface area contributed by atoms with E-state index < -0.39 is 18.2 Å². The molecule has 0 spiro atoms. The van der Waals surface area contributed by atoms with Crippen molar-refractivity contribution >= 4 is 11.9 Å². The van der Waals surface area contributed by atoms with Crippen molar-refractivity contribution in [3.8, 4) is 0 Å². The topological polar surface area (TPSA) is 104 Å². The van der Waals surface area contributed by atoms with Gasteiger partial charge in [0, 0.05) is 12.3 Å². The molecule has 30 heavy (non-hydrogen) atoms.